The van der Waals surface area contributed by atoms with Crippen molar-refractivity contribution in [2.75, 3.05) is 24.5 Å². The molecule has 10 aromatic heterocycles. The van der Waals surface area contributed by atoms with Gasteiger partial charge in [0.2, 0.25) is 29.5 Å². The average molecular weight is 1280 g/mol. The first-order chi connectivity index (χ1) is 47.1. The molecule has 5 amide bonds. The van der Waals surface area contributed by atoms with Crippen molar-refractivity contribution in [3.63, 3.8) is 0 Å². The van der Waals surface area contributed by atoms with E-state index < -0.39 is 0 Å². The van der Waals surface area contributed by atoms with Gasteiger partial charge in [-0.05, 0) is 153 Å². The van der Waals surface area contributed by atoms with E-state index in [0.29, 0.717) is 50.7 Å². The lowest BCUT2D eigenvalue weighted by molar-refractivity contribution is -0.120. The zero-order chi connectivity index (χ0) is 65.4. The summed E-state index contributed by atoms with van der Waals surface area (Å²) in [5, 5.41) is 5.56. The minimum Gasteiger partial charge on any atom is -0.361 e. The summed E-state index contributed by atoms with van der Waals surface area (Å²) >= 11 is 0. The topological polar surface area (TPSA) is 245 Å². The monoisotopic (exact) mass is 1280 g/mol. The smallest absolute Gasteiger partial charge is 0.233 e. The Balaban J connectivity index is 0.0000000986. The summed E-state index contributed by atoms with van der Waals surface area (Å²) in [4.78, 5) is 110. The SMILES string of the molecule is CCC(C)N1C(=O)CCc2c[nH]c3ccnc1c23.O=C1CCc2c[nH]c3ccnc(c23)N1C1CCC1.O=C1CCc2c[nH]c3ccnc(c23)N1C1CCCC1.O=C1CCc2c[nH]c3ccnc(c23)N1Cc1ccccc1.O=C1CCc2c[nH]c3ccnc(c23)N1c1ccccc1. The molecule has 20 heteroatoms. The predicted octanol–water partition coefficient (Wildman–Crippen LogP) is 14.0. The van der Waals surface area contributed by atoms with E-state index in [1.54, 1.807) is 35.9 Å². The lowest BCUT2D eigenvalue weighted by atomic mass is 9.91. The Morgan fingerprint density at radius 2 is 0.760 bits per heavy atom. The highest BCUT2D eigenvalue weighted by molar-refractivity contribution is 6.10. The molecule has 15 heterocycles. The Morgan fingerprint density at radius 3 is 1.21 bits per heavy atom. The molecule has 12 aromatic rings. The molecule has 1 unspecified atom stereocenters. The van der Waals surface area contributed by atoms with E-state index in [1.807, 2.05) is 142 Å². The first kappa shape index (κ1) is 61.4. The van der Waals surface area contributed by atoms with Gasteiger partial charge >= 0.3 is 0 Å². The first-order valence-corrected chi connectivity index (χ1v) is 34.0. The molecule has 5 aliphatic heterocycles. The Bertz CT molecular complexity index is 4780. The standard InChI is InChI=1S/C17H15N3O.C16H13N3O.C15H17N3O.C14H15N3O.C14H17N3O/c21-15-7-6-13-10-19-14-8-9-18-17(16(13)14)20(15)11-12-4-2-1-3-5-12;20-14-7-6-11-10-18-13-8-9-17-16(15(11)13)19(14)12-4-2-1-3-5-12;19-13-6-5-10-9-17-12-7-8-16-15(14(10)12)18(13)11-3-1-2-4-11;18-12-5-4-9-8-16-11-6-7-15-14(13(9)11)17(12)10-2-1-3-10;1-3-9(2)17-12(18)5-4-10-8-16-11-6-7-15-14(17)13(10)11/h1-5,8-10,19H,6-7,11H2;1-5,8-10,18H,6-7H2;7-9,11,17H,1-6H2;6-8,10,16H,1-5H2;6-9,16H,3-5H2,1-2H3. The number of pyridine rings is 5. The minimum atomic E-state index is 0.0902. The number of rotatable bonds is 7. The summed E-state index contributed by atoms with van der Waals surface area (Å²) in [5.41, 5.74) is 13.3. The highest BCUT2D eigenvalue weighted by atomic mass is 16.2. The third-order valence-electron chi connectivity index (χ3n) is 20.2. The van der Waals surface area contributed by atoms with Crippen LogP contribution in [0.15, 0.2) is 153 Å². The second kappa shape index (κ2) is 26.6. The van der Waals surface area contributed by atoms with E-state index in [0.717, 1.165) is 165 Å². The second-order valence-electron chi connectivity index (χ2n) is 26.0. The molecule has 2 aromatic carbocycles. The van der Waals surface area contributed by atoms with Gasteiger partial charge in [0.1, 0.15) is 29.1 Å². The van der Waals surface area contributed by atoms with E-state index in [2.05, 4.69) is 63.7 Å². The van der Waals surface area contributed by atoms with Crippen LogP contribution in [0.5, 0.6) is 0 Å². The fourth-order valence-electron chi connectivity index (χ4n) is 14.9. The van der Waals surface area contributed by atoms with Crippen molar-refractivity contribution in [3.8, 4) is 0 Å². The molecule has 7 aliphatic rings. The number of aromatic nitrogens is 10. The van der Waals surface area contributed by atoms with Gasteiger partial charge in [-0.3, -0.25) is 48.5 Å². The summed E-state index contributed by atoms with van der Waals surface area (Å²) in [6, 6.07) is 30.5. The Hall–Kier alpha value is -10.8. The molecule has 0 radical (unpaired) electrons. The number of carbonyl (C=O) groups is 5. The largest absolute Gasteiger partial charge is 0.361 e. The van der Waals surface area contributed by atoms with Crippen LogP contribution in [0.1, 0.15) is 131 Å². The van der Waals surface area contributed by atoms with Gasteiger partial charge in [-0.1, -0.05) is 68.3 Å². The second-order valence-corrected chi connectivity index (χ2v) is 26.0. The van der Waals surface area contributed by atoms with E-state index in [9.17, 15) is 24.0 Å². The van der Waals surface area contributed by atoms with Crippen LogP contribution in [0, 0.1) is 0 Å². The molecule has 5 N–H and O–H groups in total. The van der Waals surface area contributed by atoms with Gasteiger partial charge in [-0.25, -0.2) is 24.9 Å². The summed E-state index contributed by atoms with van der Waals surface area (Å²) in [6.07, 6.45) is 34.7. The molecule has 0 spiro atoms. The van der Waals surface area contributed by atoms with E-state index in [-0.39, 0.29) is 35.6 Å². The zero-order valence-corrected chi connectivity index (χ0v) is 54.1. The maximum atomic E-state index is 12.5. The number of aromatic amines is 5. The van der Waals surface area contributed by atoms with Crippen molar-refractivity contribution in [2.24, 2.45) is 0 Å². The average Bonchev–Trinajstić information content (AvgIpc) is 1.66. The van der Waals surface area contributed by atoms with E-state index >= 15 is 0 Å². The number of hydrogen-bond donors (Lipinski definition) is 5. The van der Waals surface area contributed by atoms with Crippen LogP contribution >= 0.6 is 0 Å². The Morgan fingerprint density at radius 1 is 0.396 bits per heavy atom. The number of hydrogen-bond acceptors (Lipinski definition) is 10. The highest BCUT2D eigenvalue weighted by Gasteiger charge is 2.36. The van der Waals surface area contributed by atoms with Crippen molar-refractivity contribution in [1.29, 1.82) is 0 Å². The summed E-state index contributed by atoms with van der Waals surface area (Å²) < 4.78 is 0. The number of benzene rings is 2. The molecule has 19 rings (SSSR count). The van der Waals surface area contributed by atoms with E-state index in [1.165, 1.54) is 41.5 Å². The molecule has 2 aliphatic carbocycles. The lowest BCUT2D eigenvalue weighted by Gasteiger charge is -2.36. The molecular formula is C76H77N15O5. The van der Waals surface area contributed by atoms with Crippen molar-refractivity contribution < 1.29 is 24.0 Å². The van der Waals surface area contributed by atoms with Crippen LogP contribution in [0.3, 0.4) is 0 Å². The first-order valence-electron chi connectivity index (χ1n) is 34.0. The summed E-state index contributed by atoms with van der Waals surface area (Å²) in [7, 11) is 0. The number of anilines is 6. The number of para-hydroxylation sites is 1. The number of H-pyrrole nitrogens is 5. The molecule has 2 saturated carbocycles. The van der Waals surface area contributed by atoms with Gasteiger partial charge in [-0.15, -0.1) is 0 Å². The third-order valence-corrected chi connectivity index (χ3v) is 20.2. The van der Waals surface area contributed by atoms with Crippen LogP contribution in [0.2, 0.25) is 0 Å². The molecule has 2 fully saturated rings. The molecule has 486 valence electrons. The van der Waals surface area contributed by atoms with Gasteiger partial charge < -0.3 is 24.9 Å². The van der Waals surface area contributed by atoms with Crippen LogP contribution < -0.4 is 24.5 Å². The molecule has 20 nitrogen and oxygen atoms in total. The van der Waals surface area contributed by atoms with Gasteiger partial charge in [0, 0.05) is 139 Å². The van der Waals surface area contributed by atoms with Crippen LogP contribution in [-0.4, -0.2) is 97.5 Å². The lowest BCUT2D eigenvalue weighted by Crippen LogP contribution is -2.44. The van der Waals surface area contributed by atoms with Crippen molar-refractivity contribution in [2.45, 2.75) is 154 Å². The summed E-state index contributed by atoms with van der Waals surface area (Å²) in [6.45, 7) is 4.74. The third kappa shape index (κ3) is 11.6. The summed E-state index contributed by atoms with van der Waals surface area (Å²) in [5.74, 6) is 4.95. The number of aryl methyl sites for hydroxylation is 5. The molecule has 96 heavy (non-hydrogen) atoms. The quantitative estimate of drug-likeness (QED) is 0.101. The van der Waals surface area contributed by atoms with Gasteiger partial charge in [0.25, 0.3) is 0 Å². The maximum absolute atomic E-state index is 12.5. The van der Waals surface area contributed by atoms with Crippen LogP contribution in [0.4, 0.5) is 34.8 Å². The highest BCUT2D eigenvalue weighted by Crippen LogP contribution is 2.41. The normalized spacial score (nSPS) is 17.1. The van der Waals surface area contributed by atoms with Gasteiger partial charge in [0.05, 0.1) is 39.8 Å². The predicted molar refractivity (Wildman–Crippen MR) is 375 cm³/mol. The number of nitrogens with one attached hydrogen (secondary N) is 5. The zero-order valence-electron chi connectivity index (χ0n) is 54.1. The van der Waals surface area contributed by atoms with Crippen molar-refractivity contribution >= 4 is 119 Å². The van der Waals surface area contributed by atoms with Crippen molar-refractivity contribution in [1.82, 2.24) is 49.8 Å². The number of amides is 5. The maximum Gasteiger partial charge on any atom is 0.233 e. The fourth-order valence-corrected chi connectivity index (χ4v) is 14.9. The minimum absolute atomic E-state index is 0.0902. The molecule has 0 saturated heterocycles. The number of carbonyl (C=O) groups excluding carboxylic acids is 5. The molecule has 1 atom stereocenters. The van der Waals surface area contributed by atoms with Gasteiger partial charge in [-0.2, -0.15) is 0 Å². The Labute approximate surface area is 554 Å². The Kier molecular flexibility index (Phi) is 17.0. The fraction of sp³-hybridized carbons (Fsp3) is 0.316. The van der Waals surface area contributed by atoms with Crippen molar-refractivity contribution in [3.05, 3.63) is 186 Å². The van der Waals surface area contributed by atoms with Crippen LogP contribution in [-0.2, 0) is 62.6 Å². The number of nitrogens with zero attached hydrogens (tertiary/aromatic N) is 10. The van der Waals surface area contributed by atoms with E-state index in [4.69, 9.17) is 0 Å². The molecular weight excluding hydrogens is 1200 g/mol. The van der Waals surface area contributed by atoms with Crippen LogP contribution in [0.25, 0.3) is 54.5 Å². The van der Waals surface area contributed by atoms with Gasteiger partial charge in [0.15, 0.2) is 0 Å². The molecule has 0 bridgehead atoms.